The molecule has 0 spiro atoms. The molecule has 0 aromatic heterocycles. The van der Waals surface area contributed by atoms with E-state index in [1.165, 1.54) is 4.90 Å². The summed E-state index contributed by atoms with van der Waals surface area (Å²) in [6, 6.07) is 5.76. The van der Waals surface area contributed by atoms with E-state index in [9.17, 15) is 14.7 Å². The topological polar surface area (TPSA) is 95.7 Å². The molecule has 108 valence electrons. The van der Waals surface area contributed by atoms with E-state index in [4.69, 9.17) is 5.73 Å². The van der Waals surface area contributed by atoms with Crippen LogP contribution in [0.4, 0.5) is 16.2 Å². The van der Waals surface area contributed by atoms with Crippen molar-refractivity contribution in [2.24, 2.45) is 0 Å². The van der Waals surface area contributed by atoms with Gasteiger partial charge in [-0.15, -0.1) is 0 Å². The predicted octanol–water partition coefficient (Wildman–Crippen LogP) is 2.13. The Morgan fingerprint density at radius 2 is 2.00 bits per heavy atom. The lowest BCUT2D eigenvalue weighted by Crippen LogP contribution is -2.46. The summed E-state index contributed by atoms with van der Waals surface area (Å²) >= 11 is 0. The number of carbonyl (C=O) groups is 2. The number of nitrogens with one attached hydrogen (secondary N) is 1. The highest BCUT2D eigenvalue weighted by Gasteiger charge is 2.30. The number of rotatable bonds is 2. The highest BCUT2D eigenvalue weighted by Crippen LogP contribution is 2.21. The number of carboxylic acids is 1. The van der Waals surface area contributed by atoms with Crippen molar-refractivity contribution in [1.29, 1.82) is 0 Å². The molecule has 2 rings (SSSR count). The number of nitrogens with two attached hydrogens (primary N) is 1. The van der Waals surface area contributed by atoms with E-state index in [1.807, 2.05) is 0 Å². The fraction of sp³-hybridized carbons (Fsp3) is 0.429. The van der Waals surface area contributed by atoms with Gasteiger partial charge in [-0.2, -0.15) is 0 Å². The molecule has 1 aromatic rings. The smallest absolute Gasteiger partial charge is 0.326 e. The number of likely N-dealkylation sites (tertiary alicyclic amines) is 1. The van der Waals surface area contributed by atoms with Gasteiger partial charge in [-0.25, -0.2) is 9.59 Å². The lowest BCUT2D eigenvalue weighted by atomic mass is 10.1. The van der Waals surface area contributed by atoms with E-state index in [1.54, 1.807) is 24.3 Å². The Bertz CT molecular complexity index is 504. The summed E-state index contributed by atoms with van der Waals surface area (Å²) in [7, 11) is 0. The Labute approximate surface area is 117 Å². The van der Waals surface area contributed by atoms with Crippen LogP contribution < -0.4 is 11.1 Å². The van der Waals surface area contributed by atoms with E-state index in [0.717, 1.165) is 19.3 Å². The molecule has 1 heterocycles. The maximum absolute atomic E-state index is 12.3. The number of amides is 2. The van der Waals surface area contributed by atoms with Gasteiger partial charge in [0.25, 0.3) is 0 Å². The van der Waals surface area contributed by atoms with Gasteiger partial charge in [-0.05, 0) is 25.0 Å². The lowest BCUT2D eigenvalue weighted by molar-refractivity contribution is -0.142. The SMILES string of the molecule is Nc1ccccc1NC(=O)N1CCCCCC1C(=O)O. The van der Waals surface area contributed by atoms with Crippen molar-refractivity contribution in [3.63, 3.8) is 0 Å². The third-order valence-electron chi connectivity index (χ3n) is 3.50. The molecule has 6 heteroatoms. The second-order valence-electron chi connectivity index (χ2n) is 4.91. The van der Waals surface area contributed by atoms with Crippen LogP contribution >= 0.6 is 0 Å². The first kappa shape index (κ1) is 14.2. The number of aliphatic carboxylic acids is 1. The Morgan fingerprint density at radius 3 is 2.70 bits per heavy atom. The summed E-state index contributed by atoms with van der Waals surface area (Å²) in [5.41, 5.74) is 6.74. The van der Waals surface area contributed by atoms with Gasteiger partial charge < -0.3 is 21.1 Å². The average Bonchev–Trinajstić information content (AvgIpc) is 2.67. The molecule has 1 aromatic carbocycles. The van der Waals surface area contributed by atoms with Crippen molar-refractivity contribution in [1.82, 2.24) is 4.90 Å². The minimum Gasteiger partial charge on any atom is -0.480 e. The molecule has 1 saturated heterocycles. The predicted molar refractivity (Wildman–Crippen MR) is 76.5 cm³/mol. The van der Waals surface area contributed by atoms with E-state index >= 15 is 0 Å². The van der Waals surface area contributed by atoms with Crippen molar-refractivity contribution >= 4 is 23.4 Å². The molecular formula is C14H19N3O3. The van der Waals surface area contributed by atoms with E-state index in [-0.39, 0.29) is 0 Å². The number of benzene rings is 1. The molecule has 1 atom stereocenters. The number of urea groups is 1. The summed E-state index contributed by atoms with van der Waals surface area (Å²) < 4.78 is 0. The quantitative estimate of drug-likeness (QED) is 0.721. The minimum absolute atomic E-state index is 0.405. The number of carbonyl (C=O) groups excluding carboxylic acids is 1. The monoisotopic (exact) mass is 277 g/mol. The molecule has 0 aliphatic carbocycles. The zero-order valence-corrected chi connectivity index (χ0v) is 11.2. The Kier molecular flexibility index (Phi) is 4.45. The van der Waals surface area contributed by atoms with Crippen LogP contribution in [0.25, 0.3) is 0 Å². The maximum atomic E-state index is 12.3. The van der Waals surface area contributed by atoms with Gasteiger partial charge in [0.2, 0.25) is 0 Å². The number of hydrogen-bond donors (Lipinski definition) is 3. The Morgan fingerprint density at radius 1 is 1.25 bits per heavy atom. The standard InChI is InChI=1S/C14H19N3O3/c15-10-6-3-4-7-11(10)16-14(20)17-9-5-1-2-8-12(17)13(18)19/h3-4,6-7,12H,1-2,5,8-9,15H2,(H,16,20)(H,18,19). The number of para-hydroxylation sites is 2. The van der Waals surface area contributed by atoms with E-state index in [2.05, 4.69) is 5.32 Å². The molecule has 1 unspecified atom stereocenters. The molecule has 6 nitrogen and oxygen atoms in total. The summed E-state index contributed by atoms with van der Waals surface area (Å²) in [6.07, 6.45) is 3.09. The van der Waals surface area contributed by atoms with Gasteiger partial charge in [0.05, 0.1) is 11.4 Å². The highest BCUT2D eigenvalue weighted by molar-refractivity contribution is 5.94. The van der Waals surface area contributed by atoms with Crippen LogP contribution in [0.3, 0.4) is 0 Å². The van der Waals surface area contributed by atoms with Gasteiger partial charge >= 0.3 is 12.0 Å². The lowest BCUT2D eigenvalue weighted by Gasteiger charge is -2.27. The molecule has 20 heavy (non-hydrogen) atoms. The molecule has 1 aliphatic heterocycles. The molecule has 4 N–H and O–H groups in total. The van der Waals surface area contributed by atoms with Crippen LogP contribution in [0.2, 0.25) is 0 Å². The van der Waals surface area contributed by atoms with E-state index in [0.29, 0.717) is 24.3 Å². The van der Waals surface area contributed by atoms with Crippen LogP contribution in [0.1, 0.15) is 25.7 Å². The zero-order chi connectivity index (χ0) is 14.5. The maximum Gasteiger partial charge on any atom is 0.326 e. The summed E-state index contributed by atoms with van der Waals surface area (Å²) in [6.45, 7) is 0.454. The minimum atomic E-state index is -0.955. The molecule has 0 saturated carbocycles. The van der Waals surface area contributed by atoms with Crippen molar-refractivity contribution in [3.05, 3.63) is 24.3 Å². The average molecular weight is 277 g/mol. The normalized spacial score (nSPS) is 19.2. The first-order valence-electron chi connectivity index (χ1n) is 6.74. The molecule has 1 fully saturated rings. The number of carboxylic acid groups (broad SMARTS) is 1. The first-order valence-corrected chi connectivity index (χ1v) is 6.74. The molecule has 1 aliphatic rings. The van der Waals surface area contributed by atoms with Crippen molar-refractivity contribution < 1.29 is 14.7 Å². The molecule has 0 bridgehead atoms. The van der Waals surface area contributed by atoms with Crippen LogP contribution in [-0.2, 0) is 4.79 Å². The van der Waals surface area contributed by atoms with Gasteiger partial charge in [0.15, 0.2) is 0 Å². The number of anilines is 2. The number of nitrogen functional groups attached to an aromatic ring is 1. The van der Waals surface area contributed by atoms with Crippen molar-refractivity contribution in [3.8, 4) is 0 Å². The number of hydrogen-bond acceptors (Lipinski definition) is 3. The first-order chi connectivity index (χ1) is 9.59. The van der Waals surface area contributed by atoms with Crippen molar-refractivity contribution in [2.75, 3.05) is 17.6 Å². The largest absolute Gasteiger partial charge is 0.480 e. The van der Waals surface area contributed by atoms with E-state index < -0.39 is 18.0 Å². The van der Waals surface area contributed by atoms with Crippen LogP contribution in [0.15, 0.2) is 24.3 Å². The molecule has 2 amide bonds. The molecular weight excluding hydrogens is 258 g/mol. The van der Waals surface area contributed by atoms with Gasteiger partial charge in [0, 0.05) is 6.54 Å². The molecule has 0 radical (unpaired) electrons. The summed E-state index contributed by atoms with van der Waals surface area (Å²) in [5.74, 6) is -0.955. The second-order valence-corrected chi connectivity index (χ2v) is 4.91. The van der Waals surface area contributed by atoms with Gasteiger partial charge in [0.1, 0.15) is 6.04 Å². The third-order valence-corrected chi connectivity index (χ3v) is 3.50. The zero-order valence-electron chi connectivity index (χ0n) is 11.2. The van der Waals surface area contributed by atoms with Crippen LogP contribution in [-0.4, -0.2) is 34.6 Å². The Hall–Kier alpha value is -2.24. The Balaban J connectivity index is 2.13. The van der Waals surface area contributed by atoms with Gasteiger partial charge in [-0.3, -0.25) is 0 Å². The highest BCUT2D eigenvalue weighted by atomic mass is 16.4. The van der Waals surface area contributed by atoms with Crippen LogP contribution in [0, 0.1) is 0 Å². The number of nitrogens with zero attached hydrogens (tertiary/aromatic N) is 1. The second kappa shape index (κ2) is 6.27. The van der Waals surface area contributed by atoms with Crippen LogP contribution in [0.5, 0.6) is 0 Å². The van der Waals surface area contributed by atoms with Gasteiger partial charge in [-0.1, -0.05) is 25.0 Å². The van der Waals surface area contributed by atoms with Crippen molar-refractivity contribution in [2.45, 2.75) is 31.7 Å². The fourth-order valence-corrected chi connectivity index (χ4v) is 2.41. The third kappa shape index (κ3) is 3.20. The summed E-state index contributed by atoms with van der Waals surface area (Å²) in [4.78, 5) is 25.0. The fourth-order valence-electron chi connectivity index (χ4n) is 2.41. The summed E-state index contributed by atoms with van der Waals surface area (Å²) in [5, 5.41) is 11.9.